The number of aromatic nitrogens is 1. The van der Waals surface area contributed by atoms with Gasteiger partial charge in [-0.25, -0.2) is 4.98 Å². The molecule has 0 aliphatic carbocycles. The van der Waals surface area contributed by atoms with Gasteiger partial charge in [0.05, 0.1) is 11.6 Å². The maximum Gasteiger partial charge on any atom is 0.416 e. The molecule has 0 spiro atoms. The molecular formula is C18H21F3N4OS. The molecule has 9 heteroatoms. The number of benzene rings is 1. The standard InChI is InChI=1S/C18H21F3N4OS/c1-2-14(22)16-23-15(11-27-16)17(26)25-8-6-24(7-9-25)13-5-3-4-12(10-13)18(19,20)21/h3-5,10-11,14H,2,6-9,22H2,1H3. The van der Waals surface area contributed by atoms with Crippen LogP contribution in [0.4, 0.5) is 18.9 Å². The van der Waals surface area contributed by atoms with E-state index in [-0.39, 0.29) is 11.9 Å². The van der Waals surface area contributed by atoms with Crippen LogP contribution in [0.25, 0.3) is 0 Å². The fraction of sp³-hybridized carbons (Fsp3) is 0.444. The molecule has 3 rings (SSSR count). The number of alkyl halides is 3. The largest absolute Gasteiger partial charge is 0.416 e. The van der Waals surface area contributed by atoms with E-state index in [1.165, 1.54) is 17.4 Å². The first-order chi connectivity index (χ1) is 12.8. The van der Waals surface area contributed by atoms with Gasteiger partial charge in [-0.1, -0.05) is 13.0 Å². The summed E-state index contributed by atoms with van der Waals surface area (Å²) in [7, 11) is 0. The number of amides is 1. The minimum Gasteiger partial charge on any atom is -0.368 e. The highest BCUT2D eigenvalue weighted by Crippen LogP contribution is 2.32. The predicted molar refractivity (Wildman–Crippen MR) is 98.9 cm³/mol. The number of piperazine rings is 1. The lowest BCUT2D eigenvalue weighted by Crippen LogP contribution is -2.49. The number of nitrogens with two attached hydrogens (primary N) is 1. The summed E-state index contributed by atoms with van der Waals surface area (Å²) in [6, 6.07) is 5.10. The monoisotopic (exact) mass is 398 g/mol. The van der Waals surface area contributed by atoms with E-state index in [0.717, 1.165) is 23.6 Å². The minimum absolute atomic E-state index is 0.163. The Balaban J connectivity index is 1.63. The van der Waals surface area contributed by atoms with Gasteiger partial charge in [0.15, 0.2) is 0 Å². The van der Waals surface area contributed by atoms with Crippen LogP contribution in [-0.4, -0.2) is 42.0 Å². The topological polar surface area (TPSA) is 62.5 Å². The fourth-order valence-electron chi connectivity index (χ4n) is 2.94. The molecule has 0 radical (unpaired) electrons. The predicted octanol–water partition coefficient (Wildman–Crippen LogP) is 3.53. The summed E-state index contributed by atoms with van der Waals surface area (Å²) < 4.78 is 38.7. The maximum absolute atomic E-state index is 12.9. The molecule has 5 nitrogen and oxygen atoms in total. The highest BCUT2D eigenvalue weighted by Gasteiger charge is 2.31. The van der Waals surface area contributed by atoms with E-state index in [0.29, 0.717) is 37.6 Å². The van der Waals surface area contributed by atoms with Crippen LogP contribution >= 0.6 is 11.3 Å². The number of hydrogen-bond acceptors (Lipinski definition) is 5. The van der Waals surface area contributed by atoms with Crippen LogP contribution in [0.5, 0.6) is 0 Å². The Kier molecular flexibility index (Phi) is 5.71. The molecule has 1 aliphatic rings. The Morgan fingerprint density at radius 2 is 2.00 bits per heavy atom. The van der Waals surface area contributed by atoms with Crippen LogP contribution in [0.1, 0.15) is 40.4 Å². The third-order valence-electron chi connectivity index (χ3n) is 4.60. The van der Waals surface area contributed by atoms with E-state index >= 15 is 0 Å². The van der Waals surface area contributed by atoms with Crippen molar-refractivity contribution < 1.29 is 18.0 Å². The van der Waals surface area contributed by atoms with Crippen LogP contribution in [0.3, 0.4) is 0 Å². The van der Waals surface area contributed by atoms with Gasteiger partial charge in [0.2, 0.25) is 0 Å². The van der Waals surface area contributed by atoms with Gasteiger partial charge in [0.25, 0.3) is 5.91 Å². The third-order valence-corrected chi connectivity index (χ3v) is 5.58. The molecule has 1 aromatic carbocycles. The van der Waals surface area contributed by atoms with Gasteiger partial charge in [-0.05, 0) is 24.6 Å². The van der Waals surface area contributed by atoms with E-state index in [1.807, 2.05) is 11.8 Å². The number of carbonyl (C=O) groups is 1. The van der Waals surface area contributed by atoms with Crippen molar-refractivity contribution in [2.75, 3.05) is 31.1 Å². The summed E-state index contributed by atoms with van der Waals surface area (Å²) in [6.07, 6.45) is -3.62. The maximum atomic E-state index is 12.9. The number of thiazole rings is 1. The second-order valence-corrected chi connectivity index (χ2v) is 7.30. The molecule has 1 atom stereocenters. The zero-order valence-corrected chi connectivity index (χ0v) is 15.7. The summed E-state index contributed by atoms with van der Waals surface area (Å²) in [5.74, 6) is -0.163. The van der Waals surface area contributed by atoms with E-state index in [1.54, 1.807) is 16.3 Å². The zero-order valence-electron chi connectivity index (χ0n) is 14.9. The van der Waals surface area contributed by atoms with Gasteiger partial charge < -0.3 is 15.5 Å². The van der Waals surface area contributed by atoms with E-state index < -0.39 is 11.7 Å². The van der Waals surface area contributed by atoms with Crippen molar-refractivity contribution in [2.24, 2.45) is 5.73 Å². The highest BCUT2D eigenvalue weighted by atomic mass is 32.1. The molecule has 2 N–H and O–H groups in total. The van der Waals surface area contributed by atoms with Crippen molar-refractivity contribution in [3.63, 3.8) is 0 Å². The summed E-state index contributed by atoms with van der Waals surface area (Å²) >= 11 is 1.38. The Hall–Kier alpha value is -2.13. The second kappa shape index (κ2) is 7.85. The lowest BCUT2D eigenvalue weighted by molar-refractivity contribution is -0.137. The normalized spacial score (nSPS) is 16.5. The van der Waals surface area contributed by atoms with Crippen LogP contribution in [0.15, 0.2) is 29.6 Å². The van der Waals surface area contributed by atoms with Crippen molar-refractivity contribution >= 4 is 22.9 Å². The summed E-state index contributed by atoms with van der Waals surface area (Å²) in [6.45, 7) is 3.77. The van der Waals surface area contributed by atoms with Crippen LogP contribution in [0, 0.1) is 0 Å². The molecule has 1 saturated heterocycles. The Labute approximate surface area is 159 Å². The van der Waals surface area contributed by atoms with Crippen LogP contribution < -0.4 is 10.6 Å². The van der Waals surface area contributed by atoms with E-state index in [2.05, 4.69) is 4.98 Å². The van der Waals surface area contributed by atoms with Crippen molar-refractivity contribution in [3.8, 4) is 0 Å². The fourth-order valence-corrected chi connectivity index (χ4v) is 3.82. The second-order valence-electron chi connectivity index (χ2n) is 6.41. The molecular weight excluding hydrogens is 377 g/mol. The zero-order chi connectivity index (χ0) is 19.6. The first kappa shape index (κ1) is 19.6. The SMILES string of the molecule is CCC(N)c1nc(C(=O)N2CCN(c3cccc(C(F)(F)F)c3)CC2)cs1. The first-order valence-corrected chi connectivity index (χ1v) is 9.60. The number of nitrogens with zero attached hydrogens (tertiary/aromatic N) is 3. The minimum atomic E-state index is -4.37. The highest BCUT2D eigenvalue weighted by molar-refractivity contribution is 7.09. The van der Waals surface area contributed by atoms with Crippen LogP contribution in [-0.2, 0) is 6.18 Å². The quantitative estimate of drug-likeness (QED) is 0.856. The van der Waals surface area contributed by atoms with Crippen molar-refractivity contribution in [3.05, 3.63) is 45.9 Å². The molecule has 2 aromatic rings. The Bertz CT molecular complexity index is 800. The summed E-state index contributed by atoms with van der Waals surface area (Å²) in [4.78, 5) is 20.5. The van der Waals surface area contributed by atoms with E-state index in [9.17, 15) is 18.0 Å². The summed E-state index contributed by atoms with van der Waals surface area (Å²) in [5.41, 5.74) is 6.18. The smallest absolute Gasteiger partial charge is 0.368 e. The van der Waals surface area contributed by atoms with Gasteiger partial charge in [0, 0.05) is 37.2 Å². The Morgan fingerprint density at radius 1 is 1.30 bits per heavy atom. The molecule has 1 amide bonds. The average molecular weight is 398 g/mol. The van der Waals surface area contributed by atoms with Crippen molar-refractivity contribution in [1.29, 1.82) is 0 Å². The lowest BCUT2D eigenvalue weighted by atomic mass is 10.1. The summed E-state index contributed by atoms with van der Waals surface area (Å²) in [5, 5.41) is 2.45. The molecule has 27 heavy (non-hydrogen) atoms. The van der Waals surface area contributed by atoms with Gasteiger partial charge in [0.1, 0.15) is 10.7 Å². The van der Waals surface area contributed by atoms with Crippen molar-refractivity contribution in [2.45, 2.75) is 25.6 Å². The number of hydrogen-bond donors (Lipinski definition) is 1. The van der Waals surface area contributed by atoms with Gasteiger partial charge in [-0.3, -0.25) is 4.79 Å². The Morgan fingerprint density at radius 3 is 2.63 bits per heavy atom. The third kappa shape index (κ3) is 4.41. The average Bonchev–Trinajstić information content (AvgIpc) is 3.16. The van der Waals surface area contributed by atoms with Crippen LogP contribution in [0.2, 0.25) is 0 Å². The molecule has 146 valence electrons. The number of carbonyl (C=O) groups excluding carboxylic acids is 1. The molecule has 1 fully saturated rings. The molecule has 0 saturated carbocycles. The van der Waals surface area contributed by atoms with Crippen molar-refractivity contribution in [1.82, 2.24) is 9.88 Å². The molecule has 1 unspecified atom stereocenters. The lowest BCUT2D eigenvalue weighted by Gasteiger charge is -2.36. The number of halogens is 3. The van der Waals surface area contributed by atoms with Gasteiger partial charge in [-0.2, -0.15) is 13.2 Å². The van der Waals surface area contributed by atoms with Gasteiger partial charge >= 0.3 is 6.18 Å². The number of rotatable bonds is 4. The van der Waals surface area contributed by atoms with E-state index in [4.69, 9.17) is 5.73 Å². The first-order valence-electron chi connectivity index (χ1n) is 8.72. The molecule has 1 aromatic heterocycles. The molecule has 0 bridgehead atoms. The number of anilines is 1. The molecule has 1 aliphatic heterocycles. The van der Waals surface area contributed by atoms with Gasteiger partial charge in [-0.15, -0.1) is 11.3 Å². The molecule has 2 heterocycles.